The summed E-state index contributed by atoms with van der Waals surface area (Å²) in [5.41, 5.74) is 0. The second-order valence-electron chi connectivity index (χ2n) is 3.12. The molecule has 0 aliphatic carbocycles. The van der Waals surface area contributed by atoms with Crippen molar-refractivity contribution in [3.8, 4) is 0 Å². The Balaban J connectivity index is 3.84. The minimum absolute atomic E-state index is 0.130. The van der Waals surface area contributed by atoms with E-state index in [9.17, 15) is 22.4 Å². The Labute approximate surface area is 84.8 Å². The van der Waals surface area contributed by atoms with Crippen LogP contribution in [-0.4, -0.2) is 38.5 Å². The van der Waals surface area contributed by atoms with Crippen molar-refractivity contribution in [1.82, 2.24) is 5.32 Å². The second-order valence-corrected chi connectivity index (χ2v) is 3.12. The van der Waals surface area contributed by atoms with Crippen molar-refractivity contribution >= 4 is 5.97 Å². The summed E-state index contributed by atoms with van der Waals surface area (Å²) in [5.74, 6) is -5.30. The maximum atomic E-state index is 12.4. The lowest BCUT2D eigenvalue weighted by Crippen LogP contribution is -2.41. The number of carbonyl (C=O) groups excluding carboxylic acids is 1. The molecule has 0 amide bonds. The zero-order chi connectivity index (χ0) is 12.1. The molecule has 90 valence electrons. The third kappa shape index (κ3) is 4.96. The summed E-state index contributed by atoms with van der Waals surface area (Å²) in [6.45, 7) is 0.153. The quantitative estimate of drug-likeness (QED) is 0.553. The van der Waals surface area contributed by atoms with Gasteiger partial charge in [-0.15, -0.1) is 0 Å². The molecule has 0 aromatic heterocycles. The van der Waals surface area contributed by atoms with Gasteiger partial charge in [0.1, 0.15) is 0 Å². The van der Waals surface area contributed by atoms with Crippen LogP contribution in [0.15, 0.2) is 0 Å². The minimum Gasteiger partial charge on any atom is -0.469 e. The van der Waals surface area contributed by atoms with Gasteiger partial charge in [-0.25, -0.2) is 8.78 Å². The monoisotopic (exact) mass is 231 g/mol. The molecule has 0 aliphatic heterocycles. The number of alkyl halides is 4. The van der Waals surface area contributed by atoms with E-state index in [1.54, 1.807) is 0 Å². The molecular formula is C8H13F4NO2. The number of methoxy groups -OCH3 is 1. The molecule has 0 aliphatic rings. The van der Waals surface area contributed by atoms with Crippen LogP contribution in [0.5, 0.6) is 0 Å². The Hall–Kier alpha value is -0.850. The first-order valence-electron chi connectivity index (χ1n) is 4.25. The molecule has 1 atom stereocenters. The topological polar surface area (TPSA) is 38.3 Å². The maximum Gasteiger partial charge on any atom is 0.319 e. The summed E-state index contributed by atoms with van der Waals surface area (Å²) in [5, 5.41) is 2.09. The summed E-state index contributed by atoms with van der Waals surface area (Å²) in [6, 6.07) is 0. The molecule has 0 aromatic rings. The molecule has 0 radical (unpaired) electrons. The maximum absolute atomic E-state index is 12.4. The number of halogens is 4. The number of hydrogen-bond acceptors (Lipinski definition) is 3. The standard InChI is InChI=1S/C8H13F4NO2/c1-5(6(14)15-2)3-13-4-8(11,12)7(9)10/h5,7,13H,3-4H2,1-2H3. The predicted molar refractivity (Wildman–Crippen MR) is 45.0 cm³/mol. The van der Waals surface area contributed by atoms with Gasteiger partial charge in [0, 0.05) is 6.54 Å². The first-order valence-corrected chi connectivity index (χ1v) is 4.25. The first-order chi connectivity index (χ1) is 6.81. The third-order valence-electron chi connectivity index (χ3n) is 1.73. The van der Waals surface area contributed by atoms with Crippen molar-refractivity contribution in [2.45, 2.75) is 19.3 Å². The van der Waals surface area contributed by atoms with Crippen LogP contribution in [0.2, 0.25) is 0 Å². The van der Waals surface area contributed by atoms with Gasteiger partial charge < -0.3 is 10.1 Å². The predicted octanol–water partition coefficient (Wildman–Crippen LogP) is 1.29. The fourth-order valence-corrected chi connectivity index (χ4v) is 0.817. The summed E-state index contributed by atoms with van der Waals surface area (Å²) >= 11 is 0. The van der Waals surface area contributed by atoms with E-state index in [1.165, 1.54) is 6.92 Å². The highest BCUT2D eigenvalue weighted by Crippen LogP contribution is 2.21. The van der Waals surface area contributed by atoms with E-state index in [2.05, 4.69) is 10.1 Å². The van der Waals surface area contributed by atoms with Crippen LogP contribution < -0.4 is 5.32 Å². The Morgan fingerprint density at radius 2 is 2.00 bits per heavy atom. The molecule has 7 heteroatoms. The summed E-state index contributed by atoms with van der Waals surface area (Å²) < 4.78 is 52.4. The molecule has 3 nitrogen and oxygen atoms in total. The summed E-state index contributed by atoms with van der Waals surface area (Å²) in [7, 11) is 1.16. The molecule has 0 fully saturated rings. The van der Waals surface area contributed by atoms with Crippen LogP contribution in [0.4, 0.5) is 17.6 Å². The number of hydrogen-bond donors (Lipinski definition) is 1. The SMILES string of the molecule is COC(=O)C(C)CNCC(F)(F)C(F)F. The van der Waals surface area contributed by atoms with E-state index in [0.29, 0.717) is 0 Å². The molecule has 0 aromatic carbocycles. The van der Waals surface area contributed by atoms with Crippen LogP contribution in [0, 0.1) is 5.92 Å². The number of carbonyl (C=O) groups is 1. The van der Waals surface area contributed by atoms with Gasteiger partial charge in [-0.1, -0.05) is 6.92 Å². The normalized spacial score (nSPS) is 14.1. The van der Waals surface area contributed by atoms with E-state index in [4.69, 9.17) is 0 Å². The fourth-order valence-electron chi connectivity index (χ4n) is 0.817. The van der Waals surface area contributed by atoms with E-state index in [-0.39, 0.29) is 6.54 Å². The van der Waals surface area contributed by atoms with Crippen LogP contribution in [0.25, 0.3) is 0 Å². The van der Waals surface area contributed by atoms with Crippen LogP contribution in [0.1, 0.15) is 6.92 Å². The number of nitrogens with one attached hydrogen (secondary N) is 1. The van der Waals surface area contributed by atoms with Crippen molar-refractivity contribution in [2.75, 3.05) is 20.2 Å². The van der Waals surface area contributed by atoms with Gasteiger partial charge in [0.05, 0.1) is 19.6 Å². The lowest BCUT2D eigenvalue weighted by atomic mass is 10.2. The van der Waals surface area contributed by atoms with Crippen molar-refractivity contribution in [3.63, 3.8) is 0 Å². The van der Waals surface area contributed by atoms with Gasteiger partial charge in [-0.05, 0) is 0 Å². The van der Waals surface area contributed by atoms with Gasteiger partial charge in [0.25, 0.3) is 0 Å². The minimum atomic E-state index is -4.07. The zero-order valence-corrected chi connectivity index (χ0v) is 8.40. The number of ether oxygens (including phenoxy) is 1. The summed E-state index contributed by atoms with van der Waals surface area (Å²) in [4.78, 5) is 10.8. The van der Waals surface area contributed by atoms with Gasteiger partial charge in [0.15, 0.2) is 0 Å². The number of rotatable bonds is 6. The molecular weight excluding hydrogens is 218 g/mol. The third-order valence-corrected chi connectivity index (χ3v) is 1.73. The molecule has 0 saturated carbocycles. The van der Waals surface area contributed by atoms with Crippen molar-refractivity contribution < 1.29 is 27.1 Å². The highest BCUT2D eigenvalue weighted by Gasteiger charge is 2.40. The van der Waals surface area contributed by atoms with Gasteiger partial charge in [-0.2, -0.15) is 8.78 Å². The first kappa shape index (κ1) is 14.2. The van der Waals surface area contributed by atoms with E-state index >= 15 is 0 Å². The molecule has 1 unspecified atom stereocenters. The van der Waals surface area contributed by atoms with E-state index in [1.807, 2.05) is 0 Å². The average molecular weight is 231 g/mol. The molecule has 0 saturated heterocycles. The van der Waals surface area contributed by atoms with Crippen molar-refractivity contribution in [3.05, 3.63) is 0 Å². The van der Waals surface area contributed by atoms with Crippen molar-refractivity contribution in [2.24, 2.45) is 5.92 Å². The van der Waals surface area contributed by atoms with Crippen LogP contribution >= 0.6 is 0 Å². The Kier molecular flexibility index (Phi) is 5.56. The van der Waals surface area contributed by atoms with E-state index < -0.39 is 30.8 Å². The van der Waals surface area contributed by atoms with E-state index in [0.717, 1.165) is 7.11 Å². The zero-order valence-electron chi connectivity index (χ0n) is 8.40. The lowest BCUT2D eigenvalue weighted by Gasteiger charge is -2.17. The molecule has 0 rings (SSSR count). The lowest BCUT2D eigenvalue weighted by molar-refractivity contribution is -0.145. The van der Waals surface area contributed by atoms with Gasteiger partial charge in [0.2, 0.25) is 0 Å². The fraction of sp³-hybridized carbons (Fsp3) is 0.875. The van der Waals surface area contributed by atoms with Crippen LogP contribution in [0.3, 0.4) is 0 Å². The smallest absolute Gasteiger partial charge is 0.319 e. The second kappa shape index (κ2) is 5.89. The van der Waals surface area contributed by atoms with Crippen molar-refractivity contribution in [1.29, 1.82) is 0 Å². The van der Waals surface area contributed by atoms with Crippen LogP contribution in [-0.2, 0) is 9.53 Å². The molecule has 0 bridgehead atoms. The van der Waals surface area contributed by atoms with Gasteiger partial charge >= 0.3 is 18.3 Å². The molecule has 0 spiro atoms. The highest BCUT2D eigenvalue weighted by molar-refractivity contribution is 5.71. The summed E-state index contributed by atoms with van der Waals surface area (Å²) in [6.07, 6.45) is -3.71. The molecule has 1 N–H and O–H groups in total. The molecule has 0 heterocycles. The Morgan fingerprint density at radius 1 is 1.47 bits per heavy atom. The van der Waals surface area contributed by atoms with Gasteiger partial charge in [-0.3, -0.25) is 4.79 Å². The number of esters is 1. The largest absolute Gasteiger partial charge is 0.469 e. The Morgan fingerprint density at radius 3 is 2.40 bits per heavy atom. The molecule has 15 heavy (non-hydrogen) atoms. The Bertz CT molecular complexity index is 211. The average Bonchev–Trinajstić information content (AvgIpc) is 2.15. The highest BCUT2D eigenvalue weighted by atomic mass is 19.3.